The summed E-state index contributed by atoms with van der Waals surface area (Å²) in [7, 11) is 0. The van der Waals surface area contributed by atoms with E-state index >= 15 is 0 Å². The van der Waals surface area contributed by atoms with Crippen molar-refractivity contribution in [3.05, 3.63) is 35.4 Å². The van der Waals surface area contributed by atoms with Gasteiger partial charge in [-0.3, -0.25) is 9.59 Å². The van der Waals surface area contributed by atoms with Gasteiger partial charge in [0.15, 0.2) is 11.6 Å². The monoisotopic (exact) mass is 312 g/mol. The normalized spacial score (nSPS) is 16.9. The zero-order valence-corrected chi connectivity index (χ0v) is 12.2. The van der Waals surface area contributed by atoms with E-state index in [0.29, 0.717) is 26.1 Å². The van der Waals surface area contributed by atoms with Gasteiger partial charge in [-0.2, -0.15) is 0 Å². The van der Waals surface area contributed by atoms with Gasteiger partial charge in [0.05, 0.1) is 6.54 Å². The van der Waals surface area contributed by atoms with Crippen molar-refractivity contribution in [1.82, 2.24) is 10.6 Å². The molecule has 7 heteroatoms. The topological polar surface area (TPSA) is 67.4 Å². The minimum Gasteiger partial charge on any atom is -0.381 e. The zero-order valence-electron chi connectivity index (χ0n) is 12.2. The van der Waals surface area contributed by atoms with Crippen LogP contribution in [0.3, 0.4) is 0 Å². The molecule has 22 heavy (non-hydrogen) atoms. The van der Waals surface area contributed by atoms with Gasteiger partial charge in [0.1, 0.15) is 0 Å². The third kappa shape index (κ3) is 4.24. The highest BCUT2D eigenvalue weighted by Gasteiger charge is 2.28. The van der Waals surface area contributed by atoms with Gasteiger partial charge in [-0.1, -0.05) is 0 Å². The quantitative estimate of drug-likeness (QED) is 0.882. The lowest BCUT2D eigenvalue weighted by molar-refractivity contribution is -0.123. The minimum absolute atomic E-state index is 0.0380. The lowest BCUT2D eigenvalue weighted by atomic mass is 9.92. The molecule has 2 N–H and O–H groups in total. The van der Waals surface area contributed by atoms with E-state index < -0.39 is 17.5 Å². The van der Waals surface area contributed by atoms with Crippen molar-refractivity contribution in [3.8, 4) is 0 Å². The second kappa shape index (κ2) is 6.83. The first kappa shape index (κ1) is 16.4. The molecule has 1 heterocycles. The number of hydrogen-bond donors (Lipinski definition) is 2. The zero-order chi connectivity index (χ0) is 16.2. The highest BCUT2D eigenvalue weighted by molar-refractivity contribution is 5.96. The van der Waals surface area contributed by atoms with Crippen LogP contribution in [-0.2, 0) is 9.53 Å². The van der Waals surface area contributed by atoms with E-state index in [2.05, 4.69) is 10.6 Å². The molecule has 1 aromatic rings. The molecule has 1 aromatic carbocycles. The van der Waals surface area contributed by atoms with Crippen LogP contribution in [0.4, 0.5) is 8.78 Å². The molecule has 0 saturated carbocycles. The van der Waals surface area contributed by atoms with Crippen LogP contribution < -0.4 is 10.6 Å². The average Bonchev–Trinajstić information content (AvgIpc) is 2.48. The molecule has 1 fully saturated rings. The third-order valence-electron chi connectivity index (χ3n) is 3.63. The van der Waals surface area contributed by atoms with E-state index in [1.807, 2.05) is 6.92 Å². The summed E-state index contributed by atoms with van der Waals surface area (Å²) in [5.41, 5.74) is -0.383. The van der Waals surface area contributed by atoms with Gasteiger partial charge in [-0.25, -0.2) is 8.78 Å². The highest BCUT2D eigenvalue weighted by atomic mass is 19.2. The average molecular weight is 312 g/mol. The number of carbonyl (C=O) groups is 2. The molecule has 5 nitrogen and oxygen atoms in total. The Bertz CT molecular complexity index is 572. The summed E-state index contributed by atoms with van der Waals surface area (Å²) < 4.78 is 31.1. The van der Waals surface area contributed by atoms with E-state index in [9.17, 15) is 18.4 Å². The number of amides is 2. The molecule has 2 amide bonds. The highest BCUT2D eigenvalue weighted by Crippen LogP contribution is 2.19. The summed E-state index contributed by atoms with van der Waals surface area (Å²) in [6.45, 7) is 2.86. The molecule has 0 radical (unpaired) electrons. The van der Waals surface area contributed by atoms with Crippen LogP contribution in [0.1, 0.15) is 30.1 Å². The second-order valence-electron chi connectivity index (χ2n) is 5.53. The maximum absolute atomic E-state index is 13.1. The maximum atomic E-state index is 13.1. The van der Waals surface area contributed by atoms with E-state index in [4.69, 9.17) is 4.74 Å². The van der Waals surface area contributed by atoms with Crippen LogP contribution >= 0.6 is 0 Å². The number of benzene rings is 1. The van der Waals surface area contributed by atoms with Gasteiger partial charge >= 0.3 is 0 Å². The molecule has 0 spiro atoms. The smallest absolute Gasteiger partial charge is 0.251 e. The summed E-state index contributed by atoms with van der Waals surface area (Å²) in [5.74, 6) is -3.10. The van der Waals surface area contributed by atoms with Crippen molar-refractivity contribution in [1.29, 1.82) is 0 Å². The Morgan fingerprint density at radius 1 is 1.23 bits per heavy atom. The lowest BCUT2D eigenvalue weighted by Gasteiger charge is -2.34. The number of nitrogens with one attached hydrogen (secondary N) is 2. The van der Waals surface area contributed by atoms with Gasteiger partial charge in [0, 0.05) is 24.3 Å². The predicted molar refractivity (Wildman–Crippen MR) is 75.3 cm³/mol. The van der Waals surface area contributed by atoms with Crippen LogP contribution in [0.5, 0.6) is 0 Å². The molecule has 120 valence electrons. The Morgan fingerprint density at radius 2 is 1.91 bits per heavy atom. The first-order valence-electron chi connectivity index (χ1n) is 7.02. The summed E-state index contributed by atoms with van der Waals surface area (Å²) in [4.78, 5) is 23.7. The molecule has 1 aliphatic heterocycles. The van der Waals surface area contributed by atoms with E-state index in [1.54, 1.807) is 0 Å². The summed E-state index contributed by atoms with van der Waals surface area (Å²) in [6.07, 6.45) is 1.41. The standard InChI is InChI=1S/C15H18F2N2O3/c1-15(4-6-22-7-5-15)19-13(20)9-18-14(21)10-2-3-11(16)12(17)8-10/h2-3,8H,4-7,9H2,1H3,(H,18,21)(H,19,20). The summed E-state index contributed by atoms with van der Waals surface area (Å²) >= 11 is 0. The fraction of sp³-hybridized carbons (Fsp3) is 0.467. The van der Waals surface area contributed by atoms with Crippen LogP contribution in [0.15, 0.2) is 18.2 Å². The molecule has 0 bridgehead atoms. The third-order valence-corrected chi connectivity index (χ3v) is 3.63. The number of rotatable bonds is 4. The maximum Gasteiger partial charge on any atom is 0.251 e. The van der Waals surface area contributed by atoms with Crippen molar-refractivity contribution in [2.24, 2.45) is 0 Å². The summed E-state index contributed by atoms with van der Waals surface area (Å²) in [5, 5.41) is 5.24. The Labute approximate surface area is 127 Å². The van der Waals surface area contributed by atoms with Crippen molar-refractivity contribution < 1.29 is 23.1 Å². The van der Waals surface area contributed by atoms with Gasteiger partial charge < -0.3 is 15.4 Å². The lowest BCUT2D eigenvalue weighted by Crippen LogP contribution is -2.52. The molecule has 0 unspecified atom stereocenters. The van der Waals surface area contributed by atoms with Crippen LogP contribution in [-0.4, -0.2) is 37.1 Å². The Hall–Kier alpha value is -2.02. The van der Waals surface area contributed by atoms with Crippen molar-refractivity contribution >= 4 is 11.8 Å². The van der Waals surface area contributed by atoms with Gasteiger partial charge in [0.2, 0.25) is 5.91 Å². The Morgan fingerprint density at radius 3 is 2.55 bits per heavy atom. The SMILES string of the molecule is CC1(NC(=O)CNC(=O)c2ccc(F)c(F)c2)CCOCC1. The van der Waals surface area contributed by atoms with Gasteiger partial charge in [0.25, 0.3) is 5.91 Å². The van der Waals surface area contributed by atoms with Crippen LogP contribution in [0.25, 0.3) is 0 Å². The van der Waals surface area contributed by atoms with Gasteiger partial charge in [-0.15, -0.1) is 0 Å². The largest absolute Gasteiger partial charge is 0.381 e. The fourth-order valence-corrected chi connectivity index (χ4v) is 2.23. The first-order valence-corrected chi connectivity index (χ1v) is 7.02. The van der Waals surface area contributed by atoms with Crippen LogP contribution in [0.2, 0.25) is 0 Å². The van der Waals surface area contributed by atoms with E-state index in [-0.39, 0.29) is 23.6 Å². The molecule has 1 saturated heterocycles. The Balaban J connectivity index is 1.85. The second-order valence-corrected chi connectivity index (χ2v) is 5.53. The molecule has 2 rings (SSSR count). The molecule has 1 aliphatic rings. The van der Waals surface area contributed by atoms with E-state index in [1.165, 1.54) is 0 Å². The molecule has 0 atom stereocenters. The number of halogens is 2. The molecular weight excluding hydrogens is 294 g/mol. The molecular formula is C15H18F2N2O3. The number of ether oxygens (including phenoxy) is 1. The van der Waals surface area contributed by atoms with Gasteiger partial charge in [-0.05, 0) is 38.0 Å². The minimum atomic E-state index is -1.10. The predicted octanol–water partition coefficient (Wildman–Crippen LogP) is 1.38. The van der Waals surface area contributed by atoms with Crippen molar-refractivity contribution in [3.63, 3.8) is 0 Å². The summed E-state index contributed by atoms with van der Waals surface area (Å²) in [6, 6.07) is 2.82. The van der Waals surface area contributed by atoms with E-state index in [0.717, 1.165) is 18.2 Å². The van der Waals surface area contributed by atoms with Crippen molar-refractivity contribution in [2.45, 2.75) is 25.3 Å². The number of carbonyl (C=O) groups excluding carboxylic acids is 2. The Kier molecular flexibility index (Phi) is 5.07. The number of hydrogen-bond acceptors (Lipinski definition) is 3. The van der Waals surface area contributed by atoms with Crippen LogP contribution in [0, 0.1) is 11.6 Å². The first-order chi connectivity index (χ1) is 10.4. The molecule has 0 aliphatic carbocycles. The van der Waals surface area contributed by atoms with Crippen molar-refractivity contribution in [2.75, 3.05) is 19.8 Å². The fourth-order valence-electron chi connectivity index (χ4n) is 2.23. The molecule has 0 aromatic heterocycles.